The molecule has 1 aromatic heterocycles. The predicted molar refractivity (Wildman–Crippen MR) is 208 cm³/mol. The number of aliphatic carboxylic acids is 1. The van der Waals surface area contributed by atoms with E-state index in [1.54, 1.807) is 12.3 Å². The standard InChI is InChI=1S/C43H49ClN4O6/c1-30-34(9-6-10-36(30)37-11-7-12-39(31(37)2)52-18-8-16-48-17-13-43(28-48,29-49)42(50)51)27-54-41-21-40(53-26-33-19-32(22-45)23-46-24-33)35(20-38(41)44)25-47-14-4-3-5-15-47/h6-7,9-12,19-21,23-24,49H,3-5,8,13-18,25-29H2,1-2H3,(H,50,51). The van der Waals surface area contributed by atoms with Crippen LogP contribution in [0, 0.1) is 30.6 Å². The monoisotopic (exact) mass is 752 g/mol. The van der Waals surface area contributed by atoms with Crippen LogP contribution in [-0.2, 0) is 24.6 Å². The second-order valence-corrected chi connectivity index (χ2v) is 14.9. The van der Waals surface area contributed by atoms with Gasteiger partial charge in [-0.1, -0.05) is 48.4 Å². The summed E-state index contributed by atoms with van der Waals surface area (Å²) in [6.45, 7) is 9.41. The van der Waals surface area contributed by atoms with Crippen molar-refractivity contribution in [2.45, 2.75) is 65.7 Å². The van der Waals surface area contributed by atoms with Crippen LogP contribution in [-0.4, -0.2) is 76.9 Å². The van der Waals surface area contributed by atoms with Crippen molar-refractivity contribution in [1.82, 2.24) is 14.8 Å². The Morgan fingerprint density at radius 1 is 0.889 bits per heavy atom. The fourth-order valence-electron chi connectivity index (χ4n) is 7.43. The molecule has 1 atom stereocenters. The fourth-order valence-corrected chi connectivity index (χ4v) is 7.67. The molecule has 0 spiro atoms. The van der Waals surface area contributed by atoms with Gasteiger partial charge in [0.15, 0.2) is 0 Å². The molecular formula is C43H49ClN4O6. The zero-order valence-corrected chi connectivity index (χ0v) is 31.9. The molecular weight excluding hydrogens is 704 g/mol. The van der Waals surface area contributed by atoms with Crippen LogP contribution in [0.2, 0.25) is 5.02 Å². The summed E-state index contributed by atoms with van der Waals surface area (Å²) in [5, 5.41) is 29.1. The van der Waals surface area contributed by atoms with Gasteiger partial charge in [-0.3, -0.25) is 14.7 Å². The molecule has 284 valence electrons. The Balaban J connectivity index is 1.13. The molecule has 10 nitrogen and oxygen atoms in total. The molecule has 1 unspecified atom stereocenters. The Labute approximate surface area is 322 Å². The van der Waals surface area contributed by atoms with E-state index < -0.39 is 11.4 Å². The molecule has 2 N–H and O–H groups in total. The van der Waals surface area contributed by atoms with Crippen molar-refractivity contribution in [3.63, 3.8) is 0 Å². The summed E-state index contributed by atoms with van der Waals surface area (Å²) in [7, 11) is 0. The lowest BCUT2D eigenvalue weighted by Gasteiger charge is -2.27. The Morgan fingerprint density at radius 3 is 2.39 bits per heavy atom. The molecule has 2 saturated heterocycles. The van der Waals surface area contributed by atoms with Gasteiger partial charge in [0.2, 0.25) is 0 Å². The van der Waals surface area contributed by atoms with Crippen LogP contribution in [0.5, 0.6) is 17.2 Å². The summed E-state index contributed by atoms with van der Waals surface area (Å²) in [6.07, 6.45) is 8.05. The third kappa shape index (κ3) is 9.34. The lowest BCUT2D eigenvalue weighted by Crippen LogP contribution is -2.38. The number of carboxylic acids is 1. The maximum absolute atomic E-state index is 11.7. The maximum atomic E-state index is 11.7. The van der Waals surface area contributed by atoms with E-state index in [1.807, 2.05) is 30.3 Å². The minimum absolute atomic E-state index is 0.260. The number of piperidine rings is 1. The summed E-state index contributed by atoms with van der Waals surface area (Å²) in [4.78, 5) is 20.4. The van der Waals surface area contributed by atoms with Crippen molar-refractivity contribution in [2.75, 3.05) is 45.9 Å². The molecule has 2 fully saturated rings. The topological polar surface area (TPSA) is 128 Å². The van der Waals surface area contributed by atoms with Gasteiger partial charge in [0, 0.05) is 49.2 Å². The van der Waals surface area contributed by atoms with Gasteiger partial charge in [-0.15, -0.1) is 0 Å². The van der Waals surface area contributed by atoms with Crippen LogP contribution in [0.25, 0.3) is 11.1 Å². The van der Waals surface area contributed by atoms with E-state index in [2.05, 4.69) is 52.9 Å². The van der Waals surface area contributed by atoms with Gasteiger partial charge >= 0.3 is 5.97 Å². The van der Waals surface area contributed by atoms with Crippen LogP contribution < -0.4 is 14.2 Å². The van der Waals surface area contributed by atoms with Gasteiger partial charge in [0.1, 0.15) is 41.9 Å². The second-order valence-electron chi connectivity index (χ2n) is 14.5. The highest BCUT2D eigenvalue weighted by atomic mass is 35.5. The molecule has 54 heavy (non-hydrogen) atoms. The van der Waals surface area contributed by atoms with Crippen molar-refractivity contribution in [2.24, 2.45) is 5.41 Å². The Bertz CT molecular complexity index is 1980. The molecule has 0 amide bonds. The largest absolute Gasteiger partial charge is 0.493 e. The number of nitrogens with zero attached hydrogens (tertiary/aromatic N) is 4. The number of halogens is 1. The van der Waals surface area contributed by atoms with Gasteiger partial charge in [-0.05, 0) is 105 Å². The highest BCUT2D eigenvalue weighted by molar-refractivity contribution is 6.32. The lowest BCUT2D eigenvalue weighted by molar-refractivity contribution is -0.150. The Kier molecular flexibility index (Phi) is 13.1. The number of ether oxygens (including phenoxy) is 3. The van der Waals surface area contributed by atoms with Gasteiger partial charge in [0.05, 0.1) is 23.8 Å². The van der Waals surface area contributed by atoms with Gasteiger partial charge in [-0.25, -0.2) is 0 Å². The number of benzene rings is 3. The Morgan fingerprint density at radius 2 is 1.65 bits per heavy atom. The zero-order valence-electron chi connectivity index (χ0n) is 31.2. The minimum Gasteiger partial charge on any atom is -0.493 e. The average molecular weight is 753 g/mol. The van der Waals surface area contributed by atoms with E-state index in [-0.39, 0.29) is 13.2 Å². The maximum Gasteiger partial charge on any atom is 0.313 e. The van der Waals surface area contributed by atoms with Crippen molar-refractivity contribution in [1.29, 1.82) is 5.26 Å². The minimum atomic E-state index is -1.06. The van der Waals surface area contributed by atoms with Gasteiger partial charge in [0.25, 0.3) is 0 Å². The van der Waals surface area contributed by atoms with E-state index in [9.17, 15) is 20.3 Å². The first kappa shape index (κ1) is 39.0. The second kappa shape index (κ2) is 18.1. The molecule has 11 heteroatoms. The molecule has 2 aliphatic rings. The zero-order chi connectivity index (χ0) is 38.1. The molecule has 6 rings (SSSR count). The number of carboxylic acid groups (broad SMARTS) is 1. The van der Waals surface area contributed by atoms with Crippen LogP contribution >= 0.6 is 11.6 Å². The number of aromatic nitrogens is 1. The van der Waals surface area contributed by atoms with Crippen LogP contribution in [0.4, 0.5) is 0 Å². The van der Waals surface area contributed by atoms with E-state index >= 15 is 0 Å². The number of likely N-dealkylation sites (tertiary alicyclic amines) is 2. The summed E-state index contributed by atoms with van der Waals surface area (Å²) >= 11 is 6.87. The number of nitriles is 1. The molecule has 3 heterocycles. The van der Waals surface area contributed by atoms with Crippen LogP contribution in [0.15, 0.2) is 67.0 Å². The first-order chi connectivity index (χ1) is 26.2. The molecule has 4 aromatic rings. The fraction of sp³-hybridized carbons (Fsp3) is 0.419. The van der Waals surface area contributed by atoms with E-state index in [4.69, 9.17) is 25.8 Å². The summed E-state index contributed by atoms with van der Waals surface area (Å²) in [5.74, 6) is 1.11. The van der Waals surface area contributed by atoms with Crippen molar-refractivity contribution in [3.8, 4) is 34.4 Å². The normalized spacial score (nSPS) is 17.6. The number of aliphatic hydroxyl groups is 1. The third-order valence-corrected chi connectivity index (χ3v) is 11.0. The van der Waals surface area contributed by atoms with Gasteiger partial charge in [-0.2, -0.15) is 5.26 Å². The lowest BCUT2D eigenvalue weighted by atomic mass is 9.88. The van der Waals surface area contributed by atoms with E-state index in [1.165, 1.54) is 25.5 Å². The molecule has 0 bridgehead atoms. The molecule has 0 radical (unpaired) electrons. The molecule has 3 aromatic carbocycles. The molecule has 0 aliphatic carbocycles. The highest BCUT2D eigenvalue weighted by Gasteiger charge is 2.44. The summed E-state index contributed by atoms with van der Waals surface area (Å²) in [6, 6.07) is 20.0. The third-order valence-electron chi connectivity index (χ3n) is 10.7. The first-order valence-electron chi connectivity index (χ1n) is 18.7. The van der Waals surface area contributed by atoms with Gasteiger partial charge < -0.3 is 29.3 Å². The number of carbonyl (C=O) groups is 1. The number of hydrogen-bond acceptors (Lipinski definition) is 9. The van der Waals surface area contributed by atoms with Crippen molar-refractivity contribution >= 4 is 17.6 Å². The van der Waals surface area contributed by atoms with E-state index in [0.29, 0.717) is 61.4 Å². The first-order valence-corrected chi connectivity index (χ1v) is 19.1. The predicted octanol–water partition coefficient (Wildman–Crippen LogP) is 7.57. The smallest absolute Gasteiger partial charge is 0.313 e. The average Bonchev–Trinajstić information content (AvgIpc) is 3.62. The number of rotatable bonds is 16. The van der Waals surface area contributed by atoms with Crippen LogP contribution in [0.1, 0.15) is 65.5 Å². The van der Waals surface area contributed by atoms with Crippen LogP contribution in [0.3, 0.4) is 0 Å². The number of hydrogen-bond donors (Lipinski definition) is 2. The summed E-state index contributed by atoms with van der Waals surface area (Å²) in [5.41, 5.74) is 6.55. The Hall–Kier alpha value is -4.66. The number of pyridine rings is 1. The molecule has 0 saturated carbocycles. The van der Waals surface area contributed by atoms with Crippen molar-refractivity contribution < 1.29 is 29.2 Å². The quantitative estimate of drug-likeness (QED) is 0.111. The van der Waals surface area contributed by atoms with E-state index in [0.717, 1.165) is 70.7 Å². The van der Waals surface area contributed by atoms with Crippen molar-refractivity contribution in [3.05, 3.63) is 105 Å². The molecule has 2 aliphatic heterocycles. The summed E-state index contributed by atoms with van der Waals surface area (Å²) < 4.78 is 19.0. The highest BCUT2D eigenvalue weighted by Crippen LogP contribution is 2.37. The number of aliphatic hydroxyl groups excluding tert-OH is 1. The SMILES string of the molecule is Cc1c(COc2cc(OCc3cncc(C#N)c3)c(CN3CCCCC3)cc2Cl)cccc1-c1cccc(OCCCN2CCC(CO)(C(=O)O)C2)c1C.